The normalized spacial score (nSPS) is 18.8. The number of carboxylic acid groups (broad SMARTS) is 2. The molecule has 0 saturated carbocycles. The van der Waals surface area contributed by atoms with Gasteiger partial charge in [-0.2, -0.15) is 4.72 Å². The van der Waals surface area contributed by atoms with Crippen molar-refractivity contribution in [2.24, 2.45) is 0 Å². The van der Waals surface area contributed by atoms with Crippen LogP contribution in [-0.4, -0.2) is 60.0 Å². The summed E-state index contributed by atoms with van der Waals surface area (Å²) in [7, 11) is -4.27. The van der Waals surface area contributed by atoms with Gasteiger partial charge in [0, 0.05) is 6.54 Å². The Morgan fingerprint density at radius 2 is 1.88 bits per heavy atom. The van der Waals surface area contributed by atoms with Crippen molar-refractivity contribution in [3.8, 4) is 0 Å². The molecule has 1 amide bonds. The van der Waals surface area contributed by atoms with E-state index in [1.807, 2.05) is 0 Å². The average molecular weight is 370 g/mol. The highest BCUT2D eigenvalue weighted by atomic mass is 32.2. The van der Waals surface area contributed by atoms with Crippen LogP contribution in [0.15, 0.2) is 29.2 Å². The third kappa shape index (κ3) is 3.97. The van der Waals surface area contributed by atoms with Gasteiger partial charge < -0.3 is 15.1 Å². The van der Waals surface area contributed by atoms with Crippen molar-refractivity contribution in [2.45, 2.75) is 36.7 Å². The molecule has 136 valence electrons. The summed E-state index contributed by atoms with van der Waals surface area (Å²) < 4.78 is 27.0. The van der Waals surface area contributed by atoms with Gasteiger partial charge in [0.15, 0.2) is 0 Å². The van der Waals surface area contributed by atoms with E-state index >= 15 is 0 Å². The second kappa shape index (κ2) is 7.19. The van der Waals surface area contributed by atoms with Crippen LogP contribution in [0.3, 0.4) is 0 Å². The fourth-order valence-corrected chi connectivity index (χ4v) is 4.16. The molecule has 2 rings (SSSR count). The third-order valence-electron chi connectivity index (χ3n) is 3.93. The Kier molecular flexibility index (Phi) is 5.43. The van der Waals surface area contributed by atoms with Crippen molar-refractivity contribution in [1.29, 1.82) is 0 Å². The molecule has 3 N–H and O–H groups in total. The van der Waals surface area contributed by atoms with Crippen LogP contribution in [0.1, 0.15) is 30.1 Å². The predicted molar refractivity (Wildman–Crippen MR) is 85.6 cm³/mol. The number of benzene rings is 1. The van der Waals surface area contributed by atoms with Gasteiger partial charge in [-0.25, -0.2) is 18.0 Å². The molecule has 1 fully saturated rings. The number of aromatic carboxylic acids is 1. The third-order valence-corrected chi connectivity index (χ3v) is 5.53. The molecule has 1 aromatic carbocycles. The molecule has 9 nitrogen and oxygen atoms in total. The van der Waals surface area contributed by atoms with E-state index < -0.39 is 50.4 Å². The van der Waals surface area contributed by atoms with Gasteiger partial charge in [-0.05, 0) is 31.9 Å². The van der Waals surface area contributed by atoms with Gasteiger partial charge in [0.2, 0.25) is 15.9 Å². The minimum absolute atomic E-state index is 0.230. The number of nitrogens with one attached hydrogen (secondary N) is 1. The Bertz CT molecular complexity index is 806. The van der Waals surface area contributed by atoms with Crippen LogP contribution >= 0.6 is 0 Å². The van der Waals surface area contributed by atoms with Crippen LogP contribution in [0, 0.1) is 0 Å². The van der Waals surface area contributed by atoms with Crippen LogP contribution < -0.4 is 4.72 Å². The molecule has 10 heteroatoms. The summed E-state index contributed by atoms with van der Waals surface area (Å²) in [4.78, 5) is 35.4. The quantitative estimate of drug-likeness (QED) is 0.646. The highest BCUT2D eigenvalue weighted by Crippen LogP contribution is 2.20. The second-order valence-corrected chi connectivity index (χ2v) is 7.35. The minimum Gasteiger partial charge on any atom is -0.480 e. The van der Waals surface area contributed by atoms with E-state index in [0.29, 0.717) is 12.8 Å². The lowest BCUT2D eigenvalue weighted by molar-refractivity contribution is -0.148. The SMILES string of the molecule is CC(NS(=O)(=O)c1ccccc1C(=O)O)C(=O)N1CCC[C@H]1C(=O)O. The van der Waals surface area contributed by atoms with E-state index in [1.165, 1.54) is 19.1 Å². The van der Waals surface area contributed by atoms with Gasteiger partial charge >= 0.3 is 11.9 Å². The monoisotopic (exact) mass is 370 g/mol. The number of carbonyl (C=O) groups excluding carboxylic acids is 1. The number of hydrogen-bond acceptors (Lipinski definition) is 5. The number of likely N-dealkylation sites (tertiary alicyclic amines) is 1. The second-order valence-electron chi connectivity index (χ2n) is 5.67. The molecule has 0 aromatic heterocycles. The maximum atomic E-state index is 12.4. The Hall–Kier alpha value is -2.46. The zero-order valence-electron chi connectivity index (χ0n) is 13.4. The van der Waals surface area contributed by atoms with E-state index in [4.69, 9.17) is 10.2 Å². The maximum absolute atomic E-state index is 12.4. The maximum Gasteiger partial charge on any atom is 0.337 e. The number of aliphatic carboxylic acids is 1. The molecule has 1 heterocycles. The molecule has 1 aromatic rings. The molecular formula is C15H18N2O7S. The lowest BCUT2D eigenvalue weighted by Gasteiger charge is -2.25. The Balaban J connectivity index is 2.22. The largest absolute Gasteiger partial charge is 0.480 e. The fraction of sp³-hybridized carbons (Fsp3) is 0.400. The number of nitrogens with zero attached hydrogens (tertiary/aromatic N) is 1. The first-order valence-electron chi connectivity index (χ1n) is 7.53. The summed E-state index contributed by atoms with van der Waals surface area (Å²) in [6, 6.07) is 2.81. The number of amides is 1. The fourth-order valence-electron chi connectivity index (χ4n) is 2.76. The first kappa shape index (κ1) is 18.9. The number of sulfonamides is 1. The van der Waals surface area contributed by atoms with Crippen molar-refractivity contribution >= 4 is 27.9 Å². The van der Waals surface area contributed by atoms with Gasteiger partial charge in [-0.3, -0.25) is 4.79 Å². The molecule has 0 bridgehead atoms. The Morgan fingerprint density at radius 1 is 1.24 bits per heavy atom. The Morgan fingerprint density at radius 3 is 2.48 bits per heavy atom. The average Bonchev–Trinajstić information content (AvgIpc) is 3.03. The first-order valence-corrected chi connectivity index (χ1v) is 9.01. The smallest absolute Gasteiger partial charge is 0.337 e. The Labute approximate surface area is 144 Å². The van der Waals surface area contributed by atoms with Crippen molar-refractivity contribution in [1.82, 2.24) is 9.62 Å². The summed E-state index contributed by atoms with van der Waals surface area (Å²) in [5.41, 5.74) is -0.417. The van der Waals surface area contributed by atoms with Crippen LogP contribution in [0.4, 0.5) is 0 Å². The molecule has 0 spiro atoms. The summed E-state index contributed by atoms with van der Waals surface area (Å²) in [5, 5.41) is 18.2. The van der Waals surface area contributed by atoms with Crippen LogP contribution in [0.2, 0.25) is 0 Å². The van der Waals surface area contributed by atoms with Crippen LogP contribution in [-0.2, 0) is 19.6 Å². The van der Waals surface area contributed by atoms with Crippen LogP contribution in [0.5, 0.6) is 0 Å². The number of rotatable bonds is 6. The molecule has 1 saturated heterocycles. The molecule has 2 atom stereocenters. The standard InChI is InChI=1S/C15H18N2O7S/c1-9(13(18)17-8-4-6-11(17)15(21)22)16-25(23,24)12-7-3-2-5-10(12)14(19)20/h2-3,5,7,9,11,16H,4,6,8H2,1H3,(H,19,20)(H,21,22)/t9?,11-/m0/s1. The van der Waals surface area contributed by atoms with Crippen molar-refractivity contribution in [2.75, 3.05) is 6.54 Å². The topological polar surface area (TPSA) is 141 Å². The highest BCUT2D eigenvalue weighted by Gasteiger charge is 2.37. The first-order chi connectivity index (χ1) is 11.6. The molecule has 1 aliphatic heterocycles. The zero-order valence-corrected chi connectivity index (χ0v) is 14.2. The van der Waals surface area contributed by atoms with E-state index in [2.05, 4.69) is 4.72 Å². The van der Waals surface area contributed by atoms with Gasteiger partial charge in [-0.1, -0.05) is 12.1 Å². The van der Waals surface area contributed by atoms with Gasteiger partial charge in [-0.15, -0.1) is 0 Å². The van der Waals surface area contributed by atoms with Gasteiger partial charge in [0.1, 0.15) is 6.04 Å². The van der Waals surface area contributed by atoms with Crippen LogP contribution in [0.25, 0.3) is 0 Å². The number of carboxylic acids is 2. The lowest BCUT2D eigenvalue weighted by atomic mass is 10.2. The lowest BCUT2D eigenvalue weighted by Crippen LogP contribution is -2.50. The van der Waals surface area contributed by atoms with Crippen molar-refractivity contribution in [3.05, 3.63) is 29.8 Å². The van der Waals surface area contributed by atoms with Gasteiger partial charge in [0.05, 0.1) is 16.5 Å². The zero-order chi connectivity index (χ0) is 18.8. The minimum atomic E-state index is -4.27. The molecule has 25 heavy (non-hydrogen) atoms. The summed E-state index contributed by atoms with van der Waals surface area (Å²) >= 11 is 0. The predicted octanol–water partition coefficient (Wildman–Crippen LogP) is 0.127. The van der Waals surface area contributed by atoms with Gasteiger partial charge in [0.25, 0.3) is 0 Å². The van der Waals surface area contributed by atoms with E-state index in [-0.39, 0.29) is 6.54 Å². The number of hydrogen-bond donors (Lipinski definition) is 3. The van der Waals surface area contributed by atoms with E-state index in [9.17, 15) is 22.8 Å². The van der Waals surface area contributed by atoms with Crippen molar-refractivity contribution < 1.29 is 33.0 Å². The van der Waals surface area contributed by atoms with E-state index in [1.54, 1.807) is 0 Å². The molecule has 1 unspecified atom stereocenters. The highest BCUT2D eigenvalue weighted by molar-refractivity contribution is 7.89. The van der Waals surface area contributed by atoms with Crippen molar-refractivity contribution in [3.63, 3.8) is 0 Å². The summed E-state index contributed by atoms with van der Waals surface area (Å²) in [6.07, 6.45) is 0.826. The molecule has 0 radical (unpaired) electrons. The number of carbonyl (C=O) groups is 3. The summed E-state index contributed by atoms with van der Waals surface area (Å²) in [6.45, 7) is 1.52. The molecular weight excluding hydrogens is 352 g/mol. The summed E-state index contributed by atoms with van der Waals surface area (Å²) in [5.74, 6) is -3.22. The molecule has 0 aliphatic carbocycles. The van der Waals surface area contributed by atoms with E-state index in [0.717, 1.165) is 17.0 Å². The molecule has 1 aliphatic rings.